The van der Waals surface area contributed by atoms with Gasteiger partial charge >= 0.3 is 0 Å². The average molecular weight is 261 g/mol. The molecule has 2 nitrogen and oxygen atoms in total. The van der Waals surface area contributed by atoms with Gasteiger partial charge in [-0.15, -0.1) is 0 Å². The van der Waals surface area contributed by atoms with Crippen LogP contribution in [0.5, 0.6) is 5.75 Å². The van der Waals surface area contributed by atoms with E-state index in [-0.39, 0.29) is 0 Å². The van der Waals surface area contributed by atoms with Crippen LogP contribution < -0.4 is 4.74 Å². The molecule has 0 atom stereocenters. The second-order valence-corrected chi connectivity index (χ2v) is 5.14. The summed E-state index contributed by atoms with van der Waals surface area (Å²) in [5.41, 5.74) is 4.87. The molecule has 1 aliphatic rings. The lowest BCUT2D eigenvalue weighted by atomic mass is 10.1. The third-order valence-electron chi connectivity index (χ3n) is 3.78. The molecule has 2 heteroatoms. The molecule has 1 aromatic heterocycles. The minimum absolute atomic E-state index is 0.623. The van der Waals surface area contributed by atoms with Gasteiger partial charge in [0, 0.05) is 17.1 Å². The first kappa shape index (κ1) is 11.4. The fourth-order valence-corrected chi connectivity index (χ4v) is 2.82. The molecule has 0 N–H and O–H groups in total. The van der Waals surface area contributed by atoms with Crippen molar-refractivity contribution in [2.75, 3.05) is 6.61 Å². The van der Waals surface area contributed by atoms with Crippen LogP contribution in [0.4, 0.5) is 0 Å². The van der Waals surface area contributed by atoms with Gasteiger partial charge in [-0.2, -0.15) is 0 Å². The lowest BCUT2D eigenvalue weighted by molar-refractivity contribution is 0.356. The first-order valence-corrected chi connectivity index (χ1v) is 6.83. The predicted octanol–water partition coefficient (Wildman–Crippen LogP) is 4.23. The molecule has 1 aliphatic heterocycles. The number of benzene rings is 2. The molecule has 0 saturated carbocycles. The van der Waals surface area contributed by atoms with Crippen molar-refractivity contribution in [3.8, 4) is 5.75 Å². The largest absolute Gasteiger partial charge is 0.489 e. The summed E-state index contributed by atoms with van der Waals surface area (Å²) < 4.78 is 7.94. The maximum Gasteiger partial charge on any atom is 0.129 e. The Morgan fingerprint density at radius 3 is 2.90 bits per heavy atom. The second-order valence-electron chi connectivity index (χ2n) is 5.14. The van der Waals surface area contributed by atoms with Crippen molar-refractivity contribution in [2.24, 2.45) is 0 Å². The zero-order chi connectivity index (χ0) is 13.5. The molecule has 98 valence electrons. The van der Waals surface area contributed by atoms with Crippen LogP contribution in [-0.2, 0) is 0 Å². The molecule has 3 aromatic rings. The van der Waals surface area contributed by atoms with Crippen LogP contribution >= 0.6 is 0 Å². The van der Waals surface area contributed by atoms with Crippen molar-refractivity contribution in [1.82, 2.24) is 4.57 Å². The van der Waals surface area contributed by atoms with Crippen molar-refractivity contribution in [3.63, 3.8) is 0 Å². The molecule has 0 unspecified atom stereocenters. The molecule has 0 spiro atoms. The maximum atomic E-state index is 5.69. The lowest BCUT2D eigenvalue weighted by Crippen LogP contribution is -2.08. The van der Waals surface area contributed by atoms with E-state index in [9.17, 15) is 0 Å². The van der Waals surface area contributed by atoms with E-state index in [2.05, 4.69) is 60.2 Å². The third-order valence-corrected chi connectivity index (χ3v) is 3.78. The van der Waals surface area contributed by atoms with Gasteiger partial charge in [0.2, 0.25) is 0 Å². The Labute approximate surface area is 117 Å². The maximum absolute atomic E-state index is 5.69. The van der Waals surface area contributed by atoms with Gasteiger partial charge in [0.15, 0.2) is 0 Å². The van der Waals surface area contributed by atoms with Crippen molar-refractivity contribution in [3.05, 3.63) is 71.9 Å². The van der Waals surface area contributed by atoms with Crippen LogP contribution in [-0.4, -0.2) is 11.2 Å². The standard InChI is InChI=1S/C18H15NO/c1-13-6-7-16-14(12-13)8-10-19(16)17-9-11-20-18-5-3-2-4-15(17)18/h2-10,12H,11H2,1H3. The zero-order valence-electron chi connectivity index (χ0n) is 11.3. The number of aryl methyl sites for hydroxylation is 1. The molecule has 4 rings (SSSR count). The second kappa shape index (κ2) is 4.27. The molecule has 0 aliphatic carbocycles. The number of hydrogen-bond acceptors (Lipinski definition) is 1. The quantitative estimate of drug-likeness (QED) is 0.639. The fourth-order valence-electron chi connectivity index (χ4n) is 2.82. The highest BCUT2D eigenvalue weighted by atomic mass is 16.5. The first-order chi connectivity index (χ1) is 9.83. The SMILES string of the molecule is Cc1ccc2c(ccn2C2=CCOc3ccccc32)c1. The molecule has 0 fully saturated rings. The Morgan fingerprint density at radius 1 is 1.05 bits per heavy atom. The number of ether oxygens (including phenoxy) is 1. The molecule has 2 heterocycles. The monoisotopic (exact) mass is 261 g/mol. The summed E-state index contributed by atoms with van der Waals surface area (Å²) in [4.78, 5) is 0. The minimum atomic E-state index is 0.623. The Morgan fingerprint density at radius 2 is 1.95 bits per heavy atom. The molecular formula is C18H15NO. The summed E-state index contributed by atoms with van der Waals surface area (Å²) in [5.74, 6) is 0.957. The van der Waals surface area contributed by atoms with E-state index < -0.39 is 0 Å². The fraction of sp³-hybridized carbons (Fsp3) is 0.111. The van der Waals surface area contributed by atoms with Gasteiger partial charge in [-0.1, -0.05) is 23.8 Å². The summed E-state index contributed by atoms with van der Waals surface area (Å²) in [6.45, 7) is 2.75. The highest BCUT2D eigenvalue weighted by Gasteiger charge is 2.15. The first-order valence-electron chi connectivity index (χ1n) is 6.83. The van der Waals surface area contributed by atoms with Crippen molar-refractivity contribution in [2.45, 2.75) is 6.92 Å². The predicted molar refractivity (Wildman–Crippen MR) is 82.0 cm³/mol. The number of nitrogens with zero attached hydrogens (tertiary/aromatic N) is 1. The summed E-state index contributed by atoms with van der Waals surface area (Å²) in [6, 6.07) is 16.9. The van der Waals surface area contributed by atoms with Gasteiger partial charge in [0.1, 0.15) is 12.4 Å². The van der Waals surface area contributed by atoms with E-state index in [4.69, 9.17) is 4.74 Å². The van der Waals surface area contributed by atoms with Crippen molar-refractivity contribution >= 4 is 16.6 Å². The summed E-state index contributed by atoms with van der Waals surface area (Å²) >= 11 is 0. The van der Waals surface area contributed by atoms with E-state index in [1.54, 1.807) is 0 Å². The highest BCUT2D eigenvalue weighted by molar-refractivity contribution is 5.87. The van der Waals surface area contributed by atoms with Crippen LogP contribution in [0.2, 0.25) is 0 Å². The van der Waals surface area contributed by atoms with Gasteiger partial charge in [0.05, 0.1) is 11.2 Å². The number of rotatable bonds is 1. The van der Waals surface area contributed by atoms with Gasteiger partial charge in [-0.05, 0) is 43.3 Å². The topological polar surface area (TPSA) is 14.2 Å². The van der Waals surface area contributed by atoms with Crippen LogP contribution in [0.3, 0.4) is 0 Å². The summed E-state index contributed by atoms with van der Waals surface area (Å²) in [5, 5.41) is 1.27. The van der Waals surface area contributed by atoms with E-state index in [1.165, 1.54) is 22.2 Å². The minimum Gasteiger partial charge on any atom is -0.489 e. The summed E-state index contributed by atoms with van der Waals surface area (Å²) in [7, 11) is 0. The zero-order valence-corrected chi connectivity index (χ0v) is 11.3. The lowest BCUT2D eigenvalue weighted by Gasteiger charge is -2.20. The molecule has 2 aromatic carbocycles. The Kier molecular flexibility index (Phi) is 2.43. The van der Waals surface area contributed by atoms with Crippen LogP contribution in [0.15, 0.2) is 60.8 Å². The number of para-hydroxylation sites is 1. The van der Waals surface area contributed by atoms with E-state index in [1.807, 2.05) is 12.1 Å². The summed E-state index contributed by atoms with van der Waals surface area (Å²) in [6.07, 6.45) is 4.28. The molecular weight excluding hydrogens is 246 g/mol. The smallest absolute Gasteiger partial charge is 0.129 e. The third kappa shape index (κ3) is 1.65. The normalized spacial score (nSPS) is 13.8. The Bertz CT molecular complexity index is 826. The van der Waals surface area contributed by atoms with Gasteiger partial charge < -0.3 is 9.30 Å². The Hall–Kier alpha value is -2.48. The molecule has 20 heavy (non-hydrogen) atoms. The van der Waals surface area contributed by atoms with E-state index in [0.29, 0.717) is 6.61 Å². The molecule has 0 bridgehead atoms. The number of fused-ring (bicyclic) bond motifs is 2. The molecule has 0 radical (unpaired) electrons. The van der Waals surface area contributed by atoms with Gasteiger partial charge in [0.25, 0.3) is 0 Å². The van der Waals surface area contributed by atoms with Crippen LogP contribution in [0, 0.1) is 6.92 Å². The van der Waals surface area contributed by atoms with Crippen LogP contribution in [0.25, 0.3) is 16.6 Å². The highest BCUT2D eigenvalue weighted by Crippen LogP contribution is 2.33. The molecule has 0 amide bonds. The number of aromatic nitrogens is 1. The van der Waals surface area contributed by atoms with Crippen LogP contribution in [0.1, 0.15) is 11.1 Å². The van der Waals surface area contributed by atoms with Crippen molar-refractivity contribution in [1.29, 1.82) is 0 Å². The van der Waals surface area contributed by atoms with Gasteiger partial charge in [-0.3, -0.25) is 0 Å². The van der Waals surface area contributed by atoms with E-state index >= 15 is 0 Å². The van der Waals surface area contributed by atoms with E-state index in [0.717, 1.165) is 11.3 Å². The number of hydrogen-bond donors (Lipinski definition) is 0. The Balaban J connectivity index is 1.94. The average Bonchev–Trinajstić information content (AvgIpc) is 2.89. The molecule has 0 saturated heterocycles. The van der Waals surface area contributed by atoms with Gasteiger partial charge in [-0.25, -0.2) is 0 Å². The van der Waals surface area contributed by atoms with Crippen molar-refractivity contribution < 1.29 is 4.74 Å².